The van der Waals surface area contributed by atoms with E-state index in [-0.39, 0.29) is 5.92 Å². The number of carboxylic acids is 1. The summed E-state index contributed by atoms with van der Waals surface area (Å²) in [6.07, 6.45) is 0. The van der Waals surface area contributed by atoms with Gasteiger partial charge in [-0.05, 0) is 12.8 Å². The Labute approximate surface area is 77.3 Å². The lowest BCUT2D eigenvalue weighted by molar-refractivity contribution is -0.141. The molecule has 0 rings (SSSR count). The molecule has 0 saturated heterocycles. The highest BCUT2D eigenvalue weighted by Crippen LogP contribution is 1.98. The summed E-state index contributed by atoms with van der Waals surface area (Å²) in [7, 11) is 0. The number of aliphatic carboxylic acids is 1. The van der Waals surface area contributed by atoms with Crippen molar-refractivity contribution in [3.8, 4) is 0 Å². The van der Waals surface area contributed by atoms with Crippen LogP contribution >= 0.6 is 0 Å². The van der Waals surface area contributed by atoms with Gasteiger partial charge < -0.3 is 16.2 Å². The van der Waals surface area contributed by atoms with E-state index in [4.69, 9.17) is 10.8 Å². The van der Waals surface area contributed by atoms with E-state index in [1.807, 2.05) is 0 Å². The summed E-state index contributed by atoms with van der Waals surface area (Å²) in [4.78, 5) is 21.6. The van der Waals surface area contributed by atoms with Crippen molar-refractivity contribution in [1.82, 2.24) is 5.32 Å². The van der Waals surface area contributed by atoms with Crippen molar-refractivity contribution in [2.24, 2.45) is 11.7 Å². The Balaban J connectivity index is 4.08. The van der Waals surface area contributed by atoms with Crippen LogP contribution in [0.15, 0.2) is 0 Å². The first-order chi connectivity index (χ1) is 5.86. The molecule has 0 aliphatic carbocycles. The van der Waals surface area contributed by atoms with Gasteiger partial charge >= 0.3 is 5.97 Å². The lowest BCUT2D eigenvalue weighted by Gasteiger charge is -2.17. The monoisotopic (exact) mass is 188 g/mol. The number of amides is 1. The summed E-state index contributed by atoms with van der Waals surface area (Å²) >= 11 is 0. The Morgan fingerprint density at radius 1 is 1.31 bits per heavy atom. The molecular formula is C8H16N2O3. The summed E-state index contributed by atoms with van der Waals surface area (Å²) in [5, 5.41) is 10.8. The highest BCUT2D eigenvalue weighted by atomic mass is 16.4. The number of carbonyl (C=O) groups is 2. The van der Waals surface area contributed by atoms with Crippen LogP contribution in [0.5, 0.6) is 0 Å². The van der Waals surface area contributed by atoms with Crippen molar-refractivity contribution in [2.75, 3.05) is 0 Å². The van der Waals surface area contributed by atoms with Gasteiger partial charge in [0.05, 0.1) is 6.04 Å². The van der Waals surface area contributed by atoms with E-state index >= 15 is 0 Å². The topological polar surface area (TPSA) is 92.4 Å². The smallest absolute Gasteiger partial charge is 0.325 e. The standard InChI is InChI=1S/C8H16N2O3/c1-4(2)6(9)7(11)10-5(3)8(12)13/h4-6H,9H2,1-3H3,(H,10,11)(H,12,13)/t5-,6+/m0/s1. The highest BCUT2D eigenvalue weighted by molar-refractivity contribution is 5.86. The normalized spacial score (nSPS) is 15.2. The van der Waals surface area contributed by atoms with Gasteiger partial charge in [-0.2, -0.15) is 0 Å². The summed E-state index contributed by atoms with van der Waals surface area (Å²) in [6, 6.07) is -1.54. The fraction of sp³-hybridized carbons (Fsp3) is 0.750. The SMILES string of the molecule is CC(C)[C@@H](N)C(=O)N[C@@H](C)C(=O)O. The summed E-state index contributed by atoms with van der Waals surface area (Å²) in [5.41, 5.74) is 5.50. The third-order valence-electron chi connectivity index (χ3n) is 1.75. The van der Waals surface area contributed by atoms with Gasteiger partial charge in [0.25, 0.3) is 0 Å². The van der Waals surface area contributed by atoms with Crippen molar-refractivity contribution in [2.45, 2.75) is 32.9 Å². The van der Waals surface area contributed by atoms with E-state index in [2.05, 4.69) is 5.32 Å². The van der Waals surface area contributed by atoms with Crippen LogP contribution in [0.2, 0.25) is 0 Å². The lowest BCUT2D eigenvalue weighted by Crippen LogP contribution is -2.49. The van der Waals surface area contributed by atoms with Crippen LogP contribution in [0.3, 0.4) is 0 Å². The summed E-state index contributed by atoms with van der Waals surface area (Å²) in [5.74, 6) is -1.49. The number of nitrogens with two attached hydrogens (primary N) is 1. The fourth-order valence-corrected chi connectivity index (χ4v) is 0.674. The molecule has 4 N–H and O–H groups in total. The van der Waals surface area contributed by atoms with Crippen LogP contribution in [-0.4, -0.2) is 29.1 Å². The second-order valence-corrected chi connectivity index (χ2v) is 3.34. The molecule has 0 aliphatic rings. The van der Waals surface area contributed by atoms with Gasteiger partial charge in [0.2, 0.25) is 5.91 Å². The zero-order valence-corrected chi connectivity index (χ0v) is 8.07. The van der Waals surface area contributed by atoms with Crippen molar-refractivity contribution >= 4 is 11.9 Å². The Morgan fingerprint density at radius 3 is 2.08 bits per heavy atom. The van der Waals surface area contributed by atoms with Crippen LogP contribution < -0.4 is 11.1 Å². The van der Waals surface area contributed by atoms with Crippen LogP contribution in [-0.2, 0) is 9.59 Å². The van der Waals surface area contributed by atoms with E-state index in [1.54, 1.807) is 13.8 Å². The third kappa shape index (κ3) is 3.89. The lowest BCUT2D eigenvalue weighted by atomic mass is 10.0. The first-order valence-electron chi connectivity index (χ1n) is 4.15. The van der Waals surface area contributed by atoms with E-state index in [1.165, 1.54) is 6.92 Å². The molecule has 2 atom stereocenters. The maximum Gasteiger partial charge on any atom is 0.325 e. The largest absolute Gasteiger partial charge is 0.480 e. The average Bonchev–Trinajstić information content (AvgIpc) is 2.02. The molecule has 5 heteroatoms. The Hall–Kier alpha value is -1.10. The molecular weight excluding hydrogens is 172 g/mol. The van der Waals surface area contributed by atoms with Gasteiger partial charge in [0.1, 0.15) is 6.04 Å². The number of nitrogens with one attached hydrogen (secondary N) is 1. The molecule has 0 saturated carbocycles. The van der Waals surface area contributed by atoms with E-state index in [0.717, 1.165) is 0 Å². The second-order valence-electron chi connectivity index (χ2n) is 3.34. The van der Waals surface area contributed by atoms with Crippen LogP contribution in [0.4, 0.5) is 0 Å². The van der Waals surface area contributed by atoms with Crippen LogP contribution in [0.1, 0.15) is 20.8 Å². The highest BCUT2D eigenvalue weighted by Gasteiger charge is 2.21. The Morgan fingerprint density at radius 2 is 1.77 bits per heavy atom. The Kier molecular flexibility index (Phi) is 4.40. The molecule has 0 aromatic heterocycles. The zero-order chi connectivity index (χ0) is 10.6. The summed E-state index contributed by atoms with van der Waals surface area (Å²) in [6.45, 7) is 5.00. The van der Waals surface area contributed by atoms with Gasteiger partial charge in [0.15, 0.2) is 0 Å². The number of hydrogen-bond acceptors (Lipinski definition) is 3. The molecule has 0 bridgehead atoms. The second kappa shape index (κ2) is 4.81. The fourth-order valence-electron chi connectivity index (χ4n) is 0.674. The maximum atomic E-state index is 11.2. The minimum Gasteiger partial charge on any atom is -0.480 e. The summed E-state index contributed by atoms with van der Waals surface area (Å²) < 4.78 is 0. The molecule has 0 aromatic rings. The molecule has 0 fully saturated rings. The quantitative estimate of drug-likeness (QED) is 0.557. The van der Waals surface area contributed by atoms with Crippen molar-refractivity contribution in [3.05, 3.63) is 0 Å². The van der Waals surface area contributed by atoms with Gasteiger partial charge in [-0.1, -0.05) is 13.8 Å². The predicted molar refractivity (Wildman–Crippen MR) is 48.1 cm³/mol. The predicted octanol–water partition coefficient (Wildman–Crippen LogP) is -0.441. The number of carboxylic acid groups (broad SMARTS) is 1. The van der Waals surface area contributed by atoms with Gasteiger partial charge in [-0.3, -0.25) is 9.59 Å². The first-order valence-corrected chi connectivity index (χ1v) is 4.15. The minimum atomic E-state index is -1.07. The molecule has 76 valence electrons. The first kappa shape index (κ1) is 11.9. The third-order valence-corrected chi connectivity index (χ3v) is 1.75. The zero-order valence-electron chi connectivity index (χ0n) is 8.07. The van der Waals surface area contributed by atoms with Gasteiger partial charge in [-0.15, -0.1) is 0 Å². The average molecular weight is 188 g/mol. The van der Waals surface area contributed by atoms with Gasteiger partial charge in [0, 0.05) is 0 Å². The van der Waals surface area contributed by atoms with E-state index in [9.17, 15) is 9.59 Å². The molecule has 0 spiro atoms. The van der Waals surface area contributed by atoms with Crippen molar-refractivity contribution in [1.29, 1.82) is 0 Å². The van der Waals surface area contributed by atoms with Crippen molar-refractivity contribution in [3.63, 3.8) is 0 Å². The minimum absolute atomic E-state index is 0.000921. The van der Waals surface area contributed by atoms with Crippen LogP contribution in [0, 0.1) is 5.92 Å². The molecule has 0 aliphatic heterocycles. The number of hydrogen-bond donors (Lipinski definition) is 3. The molecule has 0 radical (unpaired) electrons. The Bertz CT molecular complexity index is 204. The molecule has 0 heterocycles. The molecule has 1 amide bonds. The van der Waals surface area contributed by atoms with Crippen molar-refractivity contribution < 1.29 is 14.7 Å². The number of carbonyl (C=O) groups excluding carboxylic acids is 1. The number of rotatable bonds is 4. The van der Waals surface area contributed by atoms with E-state index in [0.29, 0.717) is 0 Å². The van der Waals surface area contributed by atoms with Crippen LogP contribution in [0.25, 0.3) is 0 Å². The molecule has 0 unspecified atom stereocenters. The maximum absolute atomic E-state index is 11.2. The van der Waals surface area contributed by atoms with Gasteiger partial charge in [-0.25, -0.2) is 0 Å². The molecule has 13 heavy (non-hydrogen) atoms. The molecule has 0 aromatic carbocycles. The van der Waals surface area contributed by atoms with E-state index < -0.39 is 24.0 Å². The molecule has 5 nitrogen and oxygen atoms in total.